The molecule has 1 amide bonds. The molecule has 0 bridgehead atoms. The Bertz CT molecular complexity index is 962. The van der Waals surface area contributed by atoms with Crippen molar-refractivity contribution in [3.63, 3.8) is 0 Å². The molecular formula is C20H30N4O4S. The summed E-state index contributed by atoms with van der Waals surface area (Å²) in [7, 11) is -0.504. The van der Waals surface area contributed by atoms with E-state index in [0.717, 1.165) is 50.2 Å². The number of carbonyl (C=O) groups excluding carboxylic acids is 1. The molecule has 1 aromatic heterocycles. The van der Waals surface area contributed by atoms with Crippen molar-refractivity contribution in [2.45, 2.75) is 24.8 Å². The Labute approximate surface area is 172 Å². The summed E-state index contributed by atoms with van der Waals surface area (Å²) < 4.78 is 33.3. The van der Waals surface area contributed by atoms with E-state index in [1.807, 2.05) is 11.5 Å². The molecule has 1 aliphatic heterocycles. The second-order valence-corrected chi connectivity index (χ2v) is 9.50. The second-order valence-electron chi connectivity index (χ2n) is 7.35. The van der Waals surface area contributed by atoms with Crippen LogP contribution in [0.4, 0.5) is 0 Å². The lowest BCUT2D eigenvalue weighted by molar-refractivity contribution is 0.0374. The number of rotatable bonds is 8. The van der Waals surface area contributed by atoms with E-state index in [0.29, 0.717) is 18.8 Å². The summed E-state index contributed by atoms with van der Waals surface area (Å²) in [6, 6.07) is 6.76. The SMILES string of the molecule is CCn1c(C(=O)NCCCN2CCOCC2)cc2cc(S(=O)(=O)N(C)C)ccc21. The van der Waals surface area contributed by atoms with E-state index in [9.17, 15) is 13.2 Å². The van der Waals surface area contributed by atoms with Crippen LogP contribution in [-0.4, -0.2) is 81.6 Å². The fourth-order valence-corrected chi connectivity index (χ4v) is 4.51. The lowest BCUT2D eigenvalue weighted by Crippen LogP contribution is -2.38. The molecule has 1 aromatic carbocycles. The van der Waals surface area contributed by atoms with E-state index in [4.69, 9.17) is 4.74 Å². The first-order valence-corrected chi connectivity index (χ1v) is 11.4. The molecule has 0 spiro atoms. The van der Waals surface area contributed by atoms with E-state index < -0.39 is 10.0 Å². The molecule has 0 aliphatic carbocycles. The van der Waals surface area contributed by atoms with Gasteiger partial charge in [0.1, 0.15) is 5.69 Å². The van der Waals surface area contributed by atoms with Gasteiger partial charge in [0.2, 0.25) is 10.0 Å². The molecule has 1 fully saturated rings. The maximum Gasteiger partial charge on any atom is 0.267 e. The van der Waals surface area contributed by atoms with Gasteiger partial charge in [-0.1, -0.05) is 0 Å². The van der Waals surface area contributed by atoms with Gasteiger partial charge in [0, 0.05) is 51.2 Å². The van der Waals surface area contributed by atoms with Gasteiger partial charge in [-0.3, -0.25) is 9.69 Å². The molecule has 29 heavy (non-hydrogen) atoms. The van der Waals surface area contributed by atoms with Gasteiger partial charge in [-0.05, 0) is 44.2 Å². The molecular weight excluding hydrogens is 392 g/mol. The van der Waals surface area contributed by atoms with E-state index in [-0.39, 0.29) is 10.8 Å². The summed E-state index contributed by atoms with van der Waals surface area (Å²) in [5.74, 6) is -0.137. The summed E-state index contributed by atoms with van der Waals surface area (Å²) in [6.45, 7) is 7.56. The number of carbonyl (C=O) groups is 1. The maximum atomic E-state index is 12.7. The number of morpholine rings is 1. The van der Waals surface area contributed by atoms with Crippen molar-refractivity contribution in [1.82, 2.24) is 19.1 Å². The topological polar surface area (TPSA) is 83.9 Å². The molecule has 0 radical (unpaired) electrons. The van der Waals surface area contributed by atoms with Crippen LogP contribution in [0, 0.1) is 0 Å². The minimum absolute atomic E-state index is 0.137. The number of fused-ring (bicyclic) bond motifs is 1. The van der Waals surface area contributed by atoms with Gasteiger partial charge in [0.25, 0.3) is 5.91 Å². The lowest BCUT2D eigenvalue weighted by atomic mass is 10.2. The average molecular weight is 423 g/mol. The minimum Gasteiger partial charge on any atom is -0.379 e. The third-order valence-electron chi connectivity index (χ3n) is 5.24. The minimum atomic E-state index is -3.52. The molecule has 3 rings (SSSR count). The second kappa shape index (κ2) is 9.25. The number of hydrogen-bond donors (Lipinski definition) is 1. The predicted molar refractivity (Wildman–Crippen MR) is 113 cm³/mol. The van der Waals surface area contributed by atoms with Crippen molar-refractivity contribution in [2.75, 3.05) is 53.5 Å². The van der Waals surface area contributed by atoms with Crippen LogP contribution in [0.3, 0.4) is 0 Å². The van der Waals surface area contributed by atoms with Crippen LogP contribution in [-0.2, 0) is 21.3 Å². The number of nitrogens with zero attached hydrogens (tertiary/aromatic N) is 3. The largest absolute Gasteiger partial charge is 0.379 e. The highest BCUT2D eigenvalue weighted by Crippen LogP contribution is 2.24. The highest BCUT2D eigenvalue weighted by atomic mass is 32.2. The Kier molecular flexibility index (Phi) is 6.94. The van der Waals surface area contributed by atoms with Crippen LogP contribution in [0.25, 0.3) is 10.9 Å². The highest BCUT2D eigenvalue weighted by molar-refractivity contribution is 7.89. The van der Waals surface area contributed by atoms with E-state index in [2.05, 4.69) is 10.2 Å². The number of hydrogen-bond acceptors (Lipinski definition) is 5. The third-order valence-corrected chi connectivity index (χ3v) is 7.05. The molecule has 0 saturated carbocycles. The number of aromatic nitrogens is 1. The third kappa shape index (κ3) is 4.80. The monoisotopic (exact) mass is 422 g/mol. The normalized spacial score (nSPS) is 15.9. The van der Waals surface area contributed by atoms with Gasteiger partial charge in [0.15, 0.2) is 0 Å². The molecule has 1 N–H and O–H groups in total. The van der Waals surface area contributed by atoms with Gasteiger partial charge in [-0.15, -0.1) is 0 Å². The number of sulfonamides is 1. The number of amides is 1. The Morgan fingerprint density at radius 1 is 1.21 bits per heavy atom. The van der Waals surface area contributed by atoms with Crippen molar-refractivity contribution >= 4 is 26.8 Å². The summed E-state index contributed by atoms with van der Waals surface area (Å²) in [5, 5.41) is 3.74. The number of aryl methyl sites for hydroxylation is 1. The fraction of sp³-hybridized carbons (Fsp3) is 0.550. The molecule has 0 unspecified atom stereocenters. The maximum absolute atomic E-state index is 12.7. The Balaban J connectivity index is 1.71. The molecule has 1 saturated heterocycles. The van der Waals surface area contributed by atoms with E-state index in [1.54, 1.807) is 24.3 Å². The smallest absolute Gasteiger partial charge is 0.267 e. The first-order valence-electron chi connectivity index (χ1n) is 9.98. The van der Waals surface area contributed by atoms with Gasteiger partial charge >= 0.3 is 0 Å². The standard InChI is InChI=1S/C20H30N4O4S/c1-4-24-18-7-6-17(29(26,27)22(2)3)14-16(18)15-19(24)20(25)21-8-5-9-23-10-12-28-13-11-23/h6-7,14-15H,4-5,8-13H2,1-3H3,(H,21,25). The molecule has 1 aliphatic rings. The Morgan fingerprint density at radius 3 is 2.59 bits per heavy atom. The number of nitrogens with one attached hydrogen (secondary N) is 1. The van der Waals surface area contributed by atoms with Crippen LogP contribution >= 0.6 is 0 Å². The highest BCUT2D eigenvalue weighted by Gasteiger charge is 2.20. The first-order chi connectivity index (χ1) is 13.8. The van der Waals surface area contributed by atoms with Crippen molar-refractivity contribution in [3.05, 3.63) is 30.0 Å². The predicted octanol–water partition coefficient (Wildman–Crippen LogP) is 1.36. The van der Waals surface area contributed by atoms with Gasteiger partial charge < -0.3 is 14.6 Å². The quantitative estimate of drug-likeness (QED) is 0.650. The zero-order valence-electron chi connectivity index (χ0n) is 17.3. The molecule has 0 atom stereocenters. The van der Waals surface area contributed by atoms with Crippen molar-refractivity contribution < 1.29 is 17.9 Å². The summed E-state index contributed by atoms with van der Waals surface area (Å²) in [4.78, 5) is 15.3. The Hall–Kier alpha value is -1.94. The molecule has 2 aromatic rings. The fourth-order valence-electron chi connectivity index (χ4n) is 3.57. The first kappa shape index (κ1) is 21.8. The molecule has 2 heterocycles. The summed E-state index contributed by atoms with van der Waals surface area (Å²) in [5.41, 5.74) is 1.40. The summed E-state index contributed by atoms with van der Waals surface area (Å²) >= 11 is 0. The van der Waals surface area contributed by atoms with Crippen LogP contribution in [0.2, 0.25) is 0 Å². The van der Waals surface area contributed by atoms with Crippen LogP contribution in [0.1, 0.15) is 23.8 Å². The van der Waals surface area contributed by atoms with Crippen molar-refractivity contribution in [1.29, 1.82) is 0 Å². The van der Waals surface area contributed by atoms with E-state index in [1.165, 1.54) is 18.4 Å². The number of ether oxygens (including phenoxy) is 1. The van der Waals surface area contributed by atoms with Gasteiger partial charge in [-0.2, -0.15) is 0 Å². The van der Waals surface area contributed by atoms with Crippen LogP contribution in [0.15, 0.2) is 29.2 Å². The summed E-state index contributed by atoms with van der Waals surface area (Å²) in [6.07, 6.45) is 0.878. The zero-order chi connectivity index (χ0) is 21.0. The van der Waals surface area contributed by atoms with Crippen molar-refractivity contribution in [2.24, 2.45) is 0 Å². The molecule has 9 heteroatoms. The number of benzene rings is 1. The van der Waals surface area contributed by atoms with Crippen LogP contribution in [0.5, 0.6) is 0 Å². The van der Waals surface area contributed by atoms with E-state index >= 15 is 0 Å². The average Bonchev–Trinajstić information content (AvgIpc) is 3.09. The zero-order valence-corrected chi connectivity index (χ0v) is 18.2. The van der Waals surface area contributed by atoms with Crippen molar-refractivity contribution in [3.8, 4) is 0 Å². The van der Waals surface area contributed by atoms with Gasteiger partial charge in [0.05, 0.1) is 18.1 Å². The molecule has 160 valence electrons. The molecule has 8 nitrogen and oxygen atoms in total. The van der Waals surface area contributed by atoms with Gasteiger partial charge in [-0.25, -0.2) is 12.7 Å². The lowest BCUT2D eigenvalue weighted by Gasteiger charge is -2.26. The van der Waals surface area contributed by atoms with Crippen LogP contribution < -0.4 is 5.32 Å². The Morgan fingerprint density at radius 2 is 1.93 bits per heavy atom.